The van der Waals surface area contributed by atoms with Gasteiger partial charge in [0.05, 0.1) is 4.92 Å². The van der Waals surface area contributed by atoms with Gasteiger partial charge in [-0.25, -0.2) is 0 Å². The highest BCUT2D eigenvalue weighted by atomic mass is 127. The number of hydrogen-bond acceptors (Lipinski definition) is 3. The second kappa shape index (κ2) is 8.89. The Labute approximate surface area is 132 Å². The Morgan fingerprint density at radius 2 is 1.95 bits per heavy atom. The molecule has 1 N–H and O–H groups in total. The molecule has 20 heavy (non-hydrogen) atoms. The van der Waals surface area contributed by atoms with Gasteiger partial charge >= 0.3 is 0 Å². The van der Waals surface area contributed by atoms with Gasteiger partial charge in [0.25, 0.3) is 11.6 Å². The number of carbonyl (C=O) groups excluding carboxylic acids is 1. The molecule has 0 radical (unpaired) electrons. The van der Waals surface area contributed by atoms with Gasteiger partial charge in [-0.15, -0.1) is 0 Å². The van der Waals surface area contributed by atoms with Crippen molar-refractivity contribution in [2.45, 2.75) is 32.6 Å². The number of hydrogen-bond donors (Lipinski definition) is 1. The molecule has 0 fully saturated rings. The van der Waals surface area contributed by atoms with Crippen molar-refractivity contribution in [1.82, 2.24) is 5.32 Å². The van der Waals surface area contributed by atoms with E-state index in [-0.39, 0.29) is 11.6 Å². The largest absolute Gasteiger partial charge is 0.352 e. The summed E-state index contributed by atoms with van der Waals surface area (Å²) >= 11 is 2.35. The molecule has 5 nitrogen and oxygen atoms in total. The first kappa shape index (κ1) is 16.9. The van der Waals surface area contributed by atoms with Gasteiger partial charge in [-0.2, -0.15) is 0 Å². The molecule has 0 saturated heterocycles. The molecule has 6 heteroatoms. The smallest absolute Gasteiger partial charge is 0.270 e. The summed E-state index contributed by atoms with van der Waals surface area (Å²) in [5, 5.41) is 13.6. The van der Waals surface area contributed by atoms with Gasteiger partial charge in [-0.1, -0.05) is 35.4 Å². The number of nitrogens with zero attached hydrogens (tertiary/aromatic N) is 1. The lowest BCUT2D eigenvalue weighted by atomic mass is 10.1. The molecule has 1 amide bonds. The number of non-ortho nitro benzene ring substituents is 1. The summed E-state index contributed by atoms with van der Waals surface area (Å²) in [7, 11) is 0. The summed E-state index contributed by atoms with van der Waals surface area (Å²) in [6, 6.07) is 4.44. The Morgan fingerprint density at radius 1 is 1.25 bits per heavy atom. The lowest BCUT2D eigenvalue weighted by molar-refractivity contribution is -0.384. The molecule has 1 aromatic rings. The molecule has 0 aromatic heterocycles. The van der Waals surface area contributed by atoms with Gasteiger partial charge < -0.3 is 5.32 Å². The average molecular weight is 390 g/mol. The maximum absolute atomic E-state index is 11.9. The maximum Gasteiger partial charge on any atom is 0.270 e. The van der Waals surface area contributed by atoms with Crippen molar-refractivity contribution in [3.8, 4) is 0 Å². The monoisotopic (exact) mass is 390 g/mol. The van der Waals surface area contributed by atoms with Crippen LogP contribution >= 0.6 is 22.6 Å². The van der Waals surface area contributed by atoms with Gasteiger partial charge in [-0.05, 0) is 35.8 Å². The van der Waals surface area contributed by atoms with Crippen LogP contribution in [0.2, 0.25) is 0 Å². The number of nitrogens with one attached hydrogen (secondary N) is 1. The molecule has 0 aliphatic heterocycles. The van der Waals surface area contributed by atoms with Crippen molar-refractivity contribution in [1.29, 1.82) is 0 Å². The number of nitro groups is 1. The highest BCUT2D eigenvalue weighted by molar-refractivity contribution is 14.1. The quantitative estimate of drug-likeness (QED) is 0.242. The molecule has 0 aliphatic rings. The molecule has 1 rings (SSSR count). The third-order valence-corrected chi connectivity index (χ3v) is 3.64. The second-order valence-corrected chi connectivity index (χ2v) is 5.75. The Hall–Kier alpha value is -1.18. The van der Waals surface area contributed by atoms with E-state index in [1.165, 1.54) is 25.0 Å². The Kier molecular flexibility index (Phi) is 7.50. The first-order valence-corrected chi connectivity index (χ1v) is 8.17. The Bertz CT molecular complexity index is 477. The lowest BCUT2D eigenvalue weighted by Crippen LogP contribution is -2.24. The van der Waals surface area contributed by atoms with Crippen molar-refractivity contribution >= 4 is 34.2 Å². The van der Waals surface area contributed by atoms with E-state index in [0.717, 1.165) is 17.3 Å². The van der Waals surface area contributed by atoms with Crippen molar-refractivity contribution in [3.63, 3.8) is 0 Å². The summed E-state index contributed by atoms with van der Waals surface area (Å²) < 4.78 is 1.16. The van der Waals surface area contributed by atoms with E-state index in [1.54, 1.807) is 13.0 Å². The van der Waals surface area contributed by atoms with Crippen molar-refractivity contribution in [3.05, 3.63) is 39.4 Å². The predicted octanol–water partition coefficient (Wildman–Crippen LogP) is 3.63. The van der Waals surface area contributed by atoms with Crippen LogP contribution in [0, 0.1) is 17.0 Å². The molecule has 0 saturated carbocycles. The van der Waals surface area contributed by atoms with Gasteiger partial charge in [0.2, 0.25) is 0 Å². The molecule has 1 aromatic carbocycles. The van der Waals surface area contributed by atoms with Crippen LogP contribution in [0.5, 0.6) is 0 Å². The molecule has 0 unspecified atom stereocenters. The minimum Gasteiger partial charge on any atom is -0.352 e. The fourth-order valence-electron chi connectivity index (χ4n) is 1.88. The highest BCUT2D eigenvalue weighted by Crippen LogP contribution is 2.16. The fraction of sp³-hybridized carbons (Fsp3) is 0.500. The Morgan fingerprint density at radius 3 is 2.60 bits per heavy atom. The van der Waals surface area contributed by atoms with Crippen molar-refractivity contribution < 1.29 is 9.72 Å². The number of aryl methyl sites for hydroxylation is 1. The van der Waals surface area contributed by atoms with Crippen molar-refractivity contribution in [2.75, 3.05) is 11.0 Å². The van der Waals surface area contributed by atoms with Crippen LogP contribution in [0.25, 0.3) is 0 Å². The van der Waals surface area contributed by atoms with E-state index in [0.29, 0.717) is 17.7 Å². The van der Waals surface area contributed by atoms with Gasteiger partial charge in [0.15, 0.2) is 0 Å². The molecular formula is C14H19IN2O3. The maximum atomic E-state index is 11.9. The standard InChI is InChI=1S/C14H19IN2O3/c1-11-8-12(10-13(9-11)17(19)20)14(18)16-7-5-3-2-4-6-15/h8-10H,2-7H2,1H3,(H,16,18). The molecule has 0 atom stereocenters. The number of unbranched alkanes of at least 4 members (excludes halogenated alkanes) is 3. The van der Waals surface area contributed by atoms with E-state index in [4.69, 9.17) is 0 Å². The topological polar surface area (TPSA) is 72.2 Å². The van der Waals surface area contributed by atoms with E-state index in [9.17, 15) is 14.9 Å². The molecular weight excluding hydrogens is 371 g/mol. The zero-order valence-electron chi connectivity index (χ0n) is 11.5. The zero-order valence-corrected chi connectivity index (χ0v) is 13.7. The number of benzene rings is 1. The van der Waals surface area contributed by atoms with Crippen LogP contribution in [0.3, 0.4) is 0 Å². The number of carbonyl (C=O) groups is 1. The highest BCUT2D eigenvalue weighted by Gasteiger charge is 2.12. The second-order valence-electron chi connectivity index (χ2n) is 4.67. The van der Waals surface area contributed by atoms with Crippen LogP contribution in [0.15, 0.2) is 18.2 Å². The van der Waals surface area contributed by atoms with Crippen LogP contribution in [0.4, 0.5) is 5.69 Å². The summed E-state index contributed by atoms with van der Waals surface area (Å²) in [4.78, 5) is 22.2. The summed E-state index contributed by atoms with van der Waals surface area (Å²) in [6.45, 7) is 2.36. The minimum atomic E-state index is -0.478. The summed E-state index contributed by atoms with van der Waals surface area (Å²) in [6.07, 6.45) is 4.42. The van der Waals surface area contributed by atoms with Gasteiger partial charge in [-0.3, -0.25) is 14.9 Å². The first-order valence-electron chi connectivity index (χ1n) is 6.65. The zero-order chi connectivity index (χ0) is 15.0. The third-order valence-electron chi connectivity index (χ3n) is 2.88. The van der Waals surface area contributed by atoms with Crippen LogP contribution in [-0.2, 0) is 0 Å². The summed E-state index contributed by atoms with van der Waals surface area (Å²) in [5.41, 5.74) is 1.02. The van der Waals surface area contributed by atoms with Crippen LogP contribution in [0.1, 0.15) is 41.6 Å². The summed E-state index contributed by atoms with van der Waals surface area (Å²) in [5.74, 6) is -0.245. The molecule has 0 bridgehead atoms. The Balaban J connectivity index is 2.49. The number of alkyl halides is 1. The number of nitro benzene ring substituents is 1. The van der Waals surface area contributed by atoms with Crippen molar-refractivity contribution in [2.24, 2.45) is 0 Å². The average Bonchev–Trinajstić information content (AvgIpc) is 2.41. The SMILES string of the molecule is Cc1cc(C(=O)NCCCCCCI)cc([N+](=O)[O-])c1. The normalized spacial score (nSPS) is 10.3. The number of halogens is 1. The molecule has 0 heterocycles. The molecule has 110 valence electrons. The number of rotatable bonds is 8. The first-order chi connectivity index (χ1) is 9.54. The number of amides is 1. The van der Waals surface area contributed by atoms with Crippen LogP contribution < -0.4 is 5.32 Å². The molecule has 0 aliphatic carbocycles. The minimum absolute atomic E-state index is 0.0443. The van der Waals surface area contributed by atoms with E-state index in [1.807, 2.05) is 0 Å². The van der Waals surface area contributed by atoms with Gasteiger partial charge in [0, 0.05) is 24.2 Å². The van der Waals surface area contributed by atoms with Gasteiger partial charge in [0.1, 0.15) is 0 Å². The third kappa shape index (κ3) is 5.85. The van der Waals surface area contributed by atoms with Crippen LogP contribution in [-0.4, -0.2) is 21.8 Å². The fourth-order valence-corrected chi connectivity index (χ4v) is 2.42. The van der Waals surface area contributed by atoms with E-state index < -0.39 is 4.92 Å². The predicted molar refractivity (Wildman–Crippen MR) is 87.5 cm³/mol. The lowest BCUT2D eigenvalue weighted by Gasteiger charge is -2.06. The van der Waals surface area contributed by atoms with E-state index >= 15 is 0 Å². The van der Waals surface area contributed by atoms with E-state index in [2.05, 4.69) is 27.9 Å². The molecule has 0 spiro atoms.